The molecule has 1 unspecified atom stereocenters. The molecule has 2 aromatic carbocycles. The molecule has 0 bridgehead atoms. The highest BCUT2D eigenvalue weighted by Gasteiger charge is 2.21. The molecule has 130 valence electrons. The second-order valence-corrected chi connectivity index (χ2v) is 5.11. The van der Waals surface area contributed by atoms with Gasteiger partial charge in [0.05, 0.1) is 27.5 Å². The van der Waals surface area contributed by atoms with Crippen LogP contribution in [-0.2, 0) is 0 Å². The number of carbonyl (C=O) groups is 1. The van der Waals surface area contributed by atoms with Gasteiger partial charge in [-0.25, -0.2) is 8.78 Å². The predicted octanol–water partition coefficient (Wildman–Crippen LogP) is 3.27. The van der Waals surface area contributed by atoms with Crippen LogP contribution in [0, 0.1) is 31.9 Å². The van der Waals surface area contributed by atoms with Crippen LogP contribution in [0.15, 0.2) is 36.4 Å². The second-order valence-electron chi connectivity index (χ2n) is 5.11. The van der Waals surface area contributed by atoms with Gasteiger partial charge in [-0.1, -0.05) is 6.07 Å². The molecule has 2 rings (SSSR count). The van der Waals surface area contributed by atoms with Crippen LogP contribution < -0.4 is 5.32 Å². The van der Waals surface area contributed by atoms with Gasteiger partial charge in [0.2, 0.25) is 0 Å². The molecule has 25 heavy (non-hydrogen) atoms. The fraction of sp³-hybridized carbons (Fsp3) is 0.133. The maximum atomic E-state index is 13.7. The summed E-state index contributed by atoms with van der Waals surface area (Å²) in [6.45, 7) is 1.42. The summed E-state index contributed by atoms with van der Waals surface area (Å²) in [5.41, 5.74) is -1.58. The van der Waals surface area contributed by atoms with E-state index in [2.05, 4.69) is 5.32 Å². The summed E-state index contributed by atoms with van der Waals surface area (Å²) in [4.78, 5) is 32.1. The Morgan fingerprint density at radius 2 is 1.60 bits per heavy atom. The highest BCUT2D eigenvalue weighted by Crippen LogP contribution is 2.24. The Bertz CT molecular complexity index is 840. The van der Waals surface area contributed by atoms with Crippen molar-refractivity contribution in [1.29, 1.82) is 0 Å². The zero-order valence-electron chi connectivity index (χ0n) is 12.7. The van der Waals surface area contributed by atoms with Gasteiger partial charge >= 0.3 is 0 Å². The van der Waals surface area contributed by atoms with E-state index in [9.17, 15) is 33.8 Å². The lowest BCUT2D eigenvalue weighted by Gasteiger charge is -2.15. The molecule has 1 N–H and O–H groups in total. The maximum Gasteiger partial charge on any atom is 0.277 e. The van der Waals surface area contributed by atoms with E-state index in [1.165, 1.54) is 6.92 Å². The Labute approximate surface area is 139 Å². The summed E-state index contributed by atoms with van der Waals surface area (Å²) < 4.78 is 26.6. The smallest absolute Gasteiger partial charge is 0.277 e. The van der Waals surface area contributed by atoms with E-state index in [0.717, 1.165) is 30.3 Å². The lowest BCUT2D eigenvalue weighted by Crippen LogP contribution is -2.27. The van der Waals surface area contributed by atoms with Crippen molar-refractivity contribution < 1.29 is 23.4 Å². The number of benzene rings is 2. The fourth-order valence-electron chi connectivity index (χ4n) is 2.15. The summed E-state index contributed by atoms with van der Waals surface area (Å²) in [5, 5.41) is 24.0. The molecule has 1 amide bonds. The van der Waals surface area contributed by atoms with Crippen molar-refractivity contribution in [3.8, 4) is 0 Å². The Morgan fingerprint density at radius 3 is 2.08 bits per heavy atom. The molecule has 0 heterocycles. The van der Waals surface area contributed by atoms with E-state index in [1.54, 1.807) is 0 Å². The molecular weight excluding hydrogens is 340 g/mol. The van der Waals surface area contributed by atoms with E-state index in [-0.39, 0.29) is 11.1 Å². The molecule has 0 aliphatic heterocycles. The van der Waals surface area contributed by atoms with Gasteiger partial charge in [-0.05, 0) is 13.0 Å². The van der Waals surface area contributed by atoms with Crippen LogP contribution in [-0.4, -0.2) is 15.8 Å². The Hall–Kier alpha value is -3.43. The lowest BCUT2D eigenvalue weighted by atomic mass is 10.1. The molecule has 0 saturated heterocycles. The van der Waals surface area contributed by atoms with Crippen molar-refractivity contribution in [2.75, 3.05) is 0 Å². The van der Waals surface area contributed by atoms with E-state index in [1.807, 2.05) is 0 Å². The monoisotopic (exact) mass is 351 g/mol. The van der Waals surface area contributed by atoms with E-state index in [0.29, 0.717) is 6.07 Å². The second kappa shape index (κ2) is 6.99. The molecule has 2 aromatic rings. The predicted molar refractivity (Wildman–Crippen MR) is 82.0 cm³/mol. The number of nitro groups is 2. The molecule has 8 nitrogen and oxygen atoms in total. The van der Waals surface area contributed by atoms with Gasteiger partial charge in [-0.15, -0.1) is 0 Å². The van der Waals surface area contributed by atoms with Gasteiger partial charge in [-0.2, -0.15) is 0 Å². The molecular formula is C15H11F2N3O5. The summed E-state index contributed by atoms with van der Waals surface area (Å²) >= 11 is 0. The number of nitrogens with one attached hydrogen (secondary N) is 1. The first-order valence-corrected chi connectivity index (χ1v) is 6.88. The van der Waals surface area contributed by atoms with E-state index >= 15 is 0 Å². The van der Waals surface area contributed by atoms with Crippen molar-refractivity contribution in [2.45, 2.75) is 13.0 Å². The van der Waals surface area contributed by atoms with Crippen molar-refractivity contribution in [2.24, 2.45) is 0 Å². The first-order chi connectivity index (χ1) is 11.7. The summed E-state index contributed by atoms with van der Waals surface area (Å²) in [5.74, 6) is -2.53. The first kappa shape index (κ1) is 17.9. The van der Waals surface area contributed by atoms with Crippen LogP contribution in [0.1, 0.15) is 28.9 Å². The van der Waals surface area contributed by atoms with Crippen LogP contribution in [0.2, 0.25) is 0 Å². The number of hydrogen-bond donors (Lipinski definition) is 1. The van der Waals surface area contributed by atoms with Crippen molar-refractivity contribution >= 4 is 17.3 Å². The van der Waals surface area contributed by atoms with Crippen LogP contribution >= 0.6 is 0 Å². The third-order valence-corrected chi connectivity index (χ3v) is 3.36. The SMILES string of the molecule is CC(NC(=O)c1cc([N+](=O)[O-])cc([N+](=O)[O-])c1)c1ccc(F)cc1F. The molecule has 0 spiro atoms. The van der Waals surface area contributed by atoms with Crippen molar-refractivity contribution in [3.63, 3.8) is 0 Å². The Morgan fingerprint density at radius 1 is 1.04 bits per heavy atom. The molecule has 10 heteroatoms. The number of carbonyl (C=O) groups excluding carboxylic acids is 1. The van der Waals surface area contributed by atoms with E-state index in [4.69, 9.17) is 0 Å². The number of rotatable bonds is 5. The van der Waals surface area contributed by atoms with Gasteiger partial charge in [-0.3, -0.25) is 25.0 Å². The summed E-state index contributed by atoms with van der Waals surface area (Å²) in [7, 11) is 0. The van der Waals surface area contributed by atoms with Crippen molar-refractivity contribution in [3.05, 3.63) is 79.4 Å². The molecule has 0 saturated carbocycles. The molecule has 0 fully saturated rings. The van der Waals surface area contributed by atoms with Crippen LogP contribution in [0.3, 0.4) is 0 Å². The topological polar surface area (TPSA) is 115 Å². The highest BCUT2D eigenvalue weighted by atomic mass is 19.1. The third-order valence-electron chi connectivity index (χ3n) is 3.36. The highest BCUT2D eigenvalue weighted by molar-refractivity contribution is 5.95. The number of nitro benzene ring substituents is 2. The zero-order valence-corrected chi connectivity index (χ0v) is 12.7. The van der Waals surface area contributed by atoms with Gasteiger partial charge in [0.1, 0.15) is 11.6 Å². The first-order valence-electron chi connectivity index (χ1n) is 6.88. The molecule has 0 aliphatic rings. The average molecular weight is 351 g/mol. The minimum atomic E-state index is -0.897. The van der Waals surface area contributed by atoms with E-state index < -0.39 is 44.8 Å². The van der Waals surface area contributed by atoms with Gasteiger partial charge in [0.15, 0.2) is 0 Å². The Kier molecular flexibility index (Phi) is 5.01. The van der Waals surface area contributed by atoms with Crippen LogP contribution in [0.4, 0.5) is 20.2 Å². The molecule has 1 atom stereocenters. The minimum absolute atomic E-state index is 0.00493. The third kappa shape index (κ3) is 4.10. The number of amides is 1. The minimum Gasteiger partial charge on any atom is -0.345 e. The largest absolute Gasteiger partial charge is 0.345 e. The number of non-ortho nitro benzene ring substituents is 2. The molecule has 0 radical (unpaired) electrons. The number of nitrogens with zero attached hydrogens (tertiary/aromatic N) is 2. The standard InChI is InChI=1S/C15H11F2N3O5/c1-8(13-3-2-10(16)6-14(13)17)18-15(21)9-4-11(19(22)23)7-12(5-9)20(24)25/h2-8H,1H3,(H,18,21). The lowest BCUT2D eigenvalue weighted by molar-refractivity contribution is -0.394. The summed E-state index contributed by atoms with van der Waals surface area (Å²) in [6.07, 6.45) is 0. The molecule has 0 aromatic heterocycles. The van der Waals surface area contributed by atoms with Gasteiger partial charge in [0.25, 0.3) is 17.3 Å². The Balaban J connectivity index is 2.31. The quantitative estimate of drug-likeness (QED) is 0.655. The van der Waals surface area contributed by atoms with Gasteiger partial charge < -0.3 is 5.32 Å². The maximum absolute atomic E-state index is 13.7. The van der Waals surface area contributed by atoms with Crippen molar-refractivity contribution in [1.82, 2.24) is 5.32 Å². The zero-order chi connectivity index (χ0) is 18.7. The van der Waals surface area contributed by atoms with Crippen LogP contribution in [0.25, 0.3) is 0 Å². The normalized spacial score (nSPS) is 11.6. The van der Waals surface area contributed by atoms with Gasteiger partial charge in [0, 0.05) is 23.8 Å². The van der Waals surface area contributed by atoms with Crippen LogP contribution in [0.5, 0.6) is 0 Å². The molecule has 0 aliphatic carbocycles. The number of halogens is 2. The average Bonchev–Trinajstić information content (AvgIpc) is 2.53. The summed E-state index contributed by atoms with van der Waals surface area (Å²) in [6, 6.07) is 4.37. The fourth-order valence-corrected chi connectivity index (χ4v) is 2.15. The number of hydrogen-bond acceptors (Lipinski definition) is 5.